The molecular weight excluding hydrogens is 374 g/mol. The number of carbonyl (C=O) groups is 1. The summed E-state index contributed by atoms with van der Waals surface area (Å²) < 4.78 is 8.13. The number of aryl methyl sites for hydroxylation is 2. The number of benzene rings is 2. The van der Waals surface area contributed by atoms with E-state index in [0.717, 1.165) is 54.8 Å². The zero-order chi connectivity index (χ0) is 21.3. The van der Waals surface area contributed by atoms with Gasteiger partial charge in [0, 0.05) is 13.0 Å². The summed E-state index contributed by atoms with van der Waals surface area (Å²) in [5.74, 6) is 1.91. The van der Waals surface area contributed by atoms with Gasteiger partial charge < -0.3 is 14.6 Å². The molecule has 0 saturated carbocycles. The number of fused-ring (bicyclic) bond motifs is 1. The zero-order valence-electron chi connectivity index (χ0n) is 18.4. The van der Waals surface area contributed by atoms with Gasteiger partial charge in [-0.3, -0.25) is 4.79 Å². The first-order chi connectivity index (χ1) is 14.6. The fraction of sp³-hybridized carbons (Fsp3) is 0.440. The Bertz CT molecular complexity index is 947. The highest BCUT2D eigenvalue weighted by molar-refractivity contribution is 5.78. The summed E-state index contributed by atoms with van der Waals surface area (Å²) in [6, 6.07) is 16.4. The molecule has 1 atom stereocenters. The quantitative estimate of drug-likeness (QED) is 0.431. The Hall–Kier alpha value is -2.82. The first kappa shape index (κ1) is 21.9. The van der Waals surface area contributed by atoms with Crippen LogP contribution in [0.2, 0.25) is 0 Å². The largest absolute Gasteiger partial charge is 0.494 e. The molecular formula is C25H33N3O2. The van der Waals surface area contributed by atoms with Crippen molar-refractivity contribution >= 4 is 16.9 Å². The van der Waals surface area contributed by atoms with Crippen molar-refractivity contribution < 1.29 is 9.53 Å². The average molecular weight is 408 g/mol. The highest BCUT2D eigenvalue weighted by Gasteiger charge is 2.17. The van der Waals surface area contributed by atoms with Crippen LogP contribution in [0.5, 0.6) is 5.75 Å². The van der Waals surface area contributed by atoms with Gasteiger partial charge in [0.05, 0.1) is 23.7 Å². The highest BCUT2D eigenvalue weighted by atomic mass is 16.5. The number of hydrogen-bond donors (Lipinski definition) is 1. The Morgan fingerprint density at radius 1 is 1.10 bits per heavy atom. The van der Waals surface area contributed by atoms with E-state index in [2.05, 4.69) is 35.0 Å². The predicted octanol–water partition coefficient (Wildman–Crippen LogP) is 5.44. The van der Waals surface area contributed by atoms with Crippen LogP contribution in [0.25, 0.3) is 11.0 Å². The second-order valence-corrected chi connectivity index (χ2v) is 7.70. The van der Waals surface area contributed by atoms with E-state index in [9.17, 15) is 4.79 Å². The maximum atomic E-state index is 12.1. The molecule has 0 saturated heterocycles. The van der Waals surface area contributed by atoms with E-state index in [1.54, 1.807) is 0 Å². The molecule has 1 N–H and O–H groups in total. The summed E-state index contributed by atoms with van der Waals surface area (Å²) in [7, 11) is 0. The molecule has 3 aromatic rings. The molecule has 0 aliphatic heterocycles. The third-order valence-corrected chi connectivity index (χ3v) is 5.30. The fourth-order valence-electron chi connectivity index (χ4n) is 3.65. The molecule has 1 aromatic heterocycles. The van der Waals surface area contributed by atoms with E-state index in [1.807, 2.05) is 44.2 Å². The van der Waals surface area contributed by atoms with E-state index < -0.39 is 0 Å². The number of carbonyl (C=O) groups excluding carboxylic acids is 1. The van der Waals surface area contributed by atoms with Gasteiger partial charge in [0.25, 0.3) is 0 Å². The number of nitrogens with zero attached hydrogens (tertiary/aromatic N) is 2. The SMILES string of the molecule is CCCC(=O)NC(C)c1nc2ccccc2n1CCCCOc1ccc(CC)cc1. The molecule has 1 heterocycles. The zero-order valence-corrected chi connectivity index (χ0v) is 18.4. The number of amides is 1. The number of hydrogen-bond acceptors (Lipinski definition) is 3. The van der Waals surface area contributed by atoms with Crippen molar-refractivity contribution in [2.75, 3.05) is 6.61 Å². The highest BCUT2D eigenvalue weighted by Crippen LogP contribution is 2.22. The maximum Gasteiger partial charge on any atom is 0.220 e. The van der Waals surface area contributed by atoms with Crippen LogP contribution in [-0.4, -0.2) is 22.1 Å². The Morgan fingerprint density at radius 2 is 1.87 bits per heavy atom. The molecule has 0 fully saturated rings. The lowest BCUT2D eigenvalue weighted by Crippen LogP contribution is -2.28. The topological polar surface area (TPSA) is 56.2 Å². The Balaban J connectivity index is 1.60. The van der Waals surface area contributed by atoms with Gasteiger partial charge in [-0.05, 0) is 62.4 Å². The van der Waals surface area contributed by atoms with Crippen LogP contribution < -0.4 is 10.1 Å². The van der Waals surface area contributed by atoms with Crippen LogP contribution in [0.4, 0.5) is 0 Å². The van der Waals surface area contributed by atoms with E-state index in [-0.39, 0.29) is 11.9 Å². The van der Waals surface area contributed by atoms with Crippen molar-refractivity contribution in [1.82, 2.24) is 14.9 Å². The number of unbranched alkanes of at least 4 members (excludes halogenated alkanes) is 1. The molecule has 1 amide bonds. The van der Waals surface area contributed by atoms with Gasteiger partial charge in [-0.15, -0.1) is 0 Å². The molecule has 0 bridgehead atoms. The van der Waals surface area contributed by atoms with Crippen molar-refractivity contribution in [2.24, 2.45) is 0 Å². The molecule has 0 aliphatic carbocycles. The van der Waals surface area contributed by atoms with E-state index in [1.165, 1.54) is 5.56 Å². The van der Waals surface area contributed by atoms with E-state index in [0.29, 0.717) is 13.0 Å². The second-order valence-electron chi connectivity index (χ2n) is 7.70. The number of para-hydroxylation sites is 2. The van der Waals surface area contributed by atoms with Crippen molar-refractivity contribution in [3.63, 3.8) is 0 Å². The lowest BCUT2D eigenvalue weighted by Gasteiger charge is -2.16. The minimum Gasteiger partial charge on any atom is -0.494 e. The minimum absolute atomic E-state index is 0.0751. The third-order valence-electron chi connectivity index (χ3n) is 5.30. The average Bonchev–Trinajstić information content (AvgIpc) is 3.13. The summed E-state index contributed by atoms with van der Waals surface area (Å²) in [5, 5.41) is 3.08. The van der Waals surface area contributed by atoms with Crippen LogP contribution >= 0.6 is 0 Å². The number of imidazole rings is 1. The first-order valence-corrected chi connectivity index (χ1v) is 11.1. The molecule has 30 heavy (non-hydrogen) atoms. The smallest absolute Gasteiger partial charge is 0.220 e. The molecule has 160 valence electrons. The van der Waals surface area contributed by atoms with Gasteiger partial charge in [0.15, 0.2) is 0 Å². The molecule has 3 rings (SSSR count). The fourth-order valence-corrected chi connectivity index (χ4v) is 3.65. The molecule has 2 aromatic carbocycles. The minimum atomic E-state index is -0.121. The molecule has 5 heteroatoms. The monoisotopic (exact) mass is 407 g/mol. The third kappa shape index (κ3) is 5.62. The number of ether oxygens (including phenoxy) is 1. The van der Waals surface area contributed by atoms with E-state index in [4.69, 9.17) is 9.72 Å². The van der Waals surface area contributed by atoms with Crippen molar-refractivity contribution in [2.45, 2.75) is 65.5 Å². The van der Waals surface area contributed by atoms with Gasteiger partial charge in [-0.1, -0.05) is 38.1 Å². The Morgan fingerprint density at radius 3 is 2.60 bits per heavy atom. The molecule has 0 spiro atoms. The standard InChI is InChI=1S/C25H33N3O2/c1-4-10-24(29)26-19(3)25-27-22-11-6-7-12-23(22)28(25)17-8-9-18-30-21-15-13-20(5-2)14-16-21/h6-7,11-16,19H,4-5,8-10,17-18H2,1-3H3,(H,26,29). The van der Waals surface area contributed by atoms with Gasteiger partial charge in [0.2, 0.25) is 5.91 Å². The predicted molar refractivity (Wildman–Crippen MR) is 122 cm³/mol. The van der Waals surface area contributed by atoms with Crippen molar-refractivity contribution in [3.8, 4) is 5.75 Å². The molecule has 1 unspecified atom stereocenters. The summed E-state index contributed by atoms with van der Waals surface area (Å²) in [6.07, 6.45) is 4.37. The lowest BCUT2D eigenvalue weighted by atomic mass is 10.2. The van der Waals surface area contributed by atoms with Crippen molar-refractivity contribution in [1.29, 1.82) is 0 Å². The van der Waals surface area contributed by atoms with E-state index >= 15 is 0 Å². The van der Waals surface area contributed by atoms with Crippen molar-refractivity contribution in [3.05, 3.63) is 59.9 Å². The Labute approximate surface area is 179 Å². The van der Waals surface area contributed by atoms with Gasteiger partial charge in [0.1, 0.15) is 11.6 Å². The Kier molecular flexibility index (Phi) is 7.89. The lowest BCUT2D eigenvalue weighted by molar-refractivity contribution is -0.121. The maximum absolute atomic E-state index is 12.1. The van der Waals surface area contributed by atoms with Crippen LogP contribution in [0, 0.1) is 0 Å². The number of nitrogens with one attached hydrogen (secondary N) is 1. The second kappa shape index (κ2) is 10.8. The molecule has 0 radical (unpaired) electrons. The summed E-state index contributed by atoms with van der Waals surface area (Å²) >= 11 is 0. The number of rotatable bonds is 11. The normalized spacial score (nSPS) is 12.1. The van der Waals surface area contributed by atoms with Gasteiger partial charge in [-0.25, -0.2) is 4.98 Å². The molecule has 5 nitrogen and oxygen atoms in total. The summed E-state index contributed by atoms with van der Waals surface area (Å²) in [5.41, 5.74) is 3.40. The molecule has 0 aliphatic rings. The van der Waals surface area contributed by atoms with Crippen LogP contribution in [-0.2, 0) is 17.8 Å². The first-order valence-electron chi connectivity index (χ1n) is 11.1. The van der Waals surface area contributed by atoms with Crippen LogP contribution in [0.3, 0.4) is 0 Å². The summed E-state index contributed by atoms with van der Waals surface area (Å²) in [4.78, 5) is 16.9. The van der Waals surface area contributed by atoms with Crippen LogP contribution in [0.15, 0.2) is 48.5 Å². The number of aromatic nitrogens is 2. The summed E-state index contributed by atoms with van der Waals surface area (Å²) in [6.45, 7) is 7.71. The van der Waals surface area contributed by atoms with Gasteiger partial charge >= 0.3 is 0 Å². The van der Waals surface area contributed by atoms with Gasteiger partial charge in [-0.2, -0.15) is 0 Å². The van der Waals surface area contributed by atoms with Crippen LogP contribution in [0.1, 0.15) is 63.9 Å².